The molecule has 1 aromatic heterocycles. The minimum atomic E-state index is -0.489. The number of ether oxygens (including phenoxy) is 1. The van der Waals surface area contributed by atoms with Crippen LogP contribution in [0.15, 0.2) is 59.6 Å². The molecule has 1 heterocycles. The van der Waals surface area contributed by atoms with Crippen LogP contribution in [0.4, 0.5) is 0 Å². The van der Waals surface area contributed by atoms with Gasteiger partial charge in [-0.15, -0.1) is 0 Å². The molecule has 0 bridgehead atoms. The molecule has 0 fully saturated rings. The number of rotatable bonds is 9. The second-order valence-electron chi connectivity index (χ2n) is 6.00. The van der Waals surface area contributed by atoms with Gasteiger partial charge in [0.15, 0.2) is 0 Å². The van der Waals surface area contributed by atoms with Crippen LogP contribution in [-0.2, 0) is 24.5 Å². The normalized spacial score (nSPS) is 12.4. The van der Waals surface area contributed by atoms with E-state index in [1.165, 1.54) is 0 Å². The SMILES string of the molecule is C=NCC(O)CCn1c(COCc2ccccc2)nc2ccccc21. The number of aryl methyl sites for hydroxylation is 1. The quantitative estimate of drug-likeness (QED) is 0.610. The monoisotopic (exact) mass is 337 g/mol. The number of fused-ring (bicyclic) bond motifs is 1. The van der Waals surface area contributed by atoms with Crippen LogP contribution in [0.2, 0.25) is 0 Å². The maximum absolute atomic E-state index is 9.94. The zero-order valence-corrected chi connectivity index (χ0v) is 14.2. The van der Waals surface area contributed by atoms with Crippen molar-refractivity contribution in [3.8, 4) is 0 Å². The Morgan fingerprint density at radius 3 is 2.64 bits per heavy atom. The lowest BCUT2D eigenvalue weighted by molar-refractivity contribution is 0.0985. The summed E-state index contributed by atoms with van der Waals surface area (Å²) >= 11 is 0. The van der Waals surface area contributed by atoms with Gasteiger partial charge in [0.2, 0.25) is 0 Å². The van der Waals surface area contributed by atoms with Gasteiger partial charge in [0.25, 0.3) is 0 Å². The summed E-state index contributed by atoms with van der Waals surface area (Å²) in [5.41, 5.74) is 3.13. The summed E-state index contributed by atoms with van der Waals surface area (Å²) in [6, 6.07) is 18.1. The van der Waals surface area contributed by atoms with Crippen LogP contribution in [0, 0.1) is 0 Å². The third-order valence-electron chi connectivity index (χ3n) is 4.10. The van der Waals surface area contributed by atoms with Gasteiger partial charge in [-0.05, 0) is 30.8 Å². The number of benzene rings is 2. The lowest BCUT2D eigenvalue weighted by Gasteiger charge is -2.12. The molecule has 3 aromatic rings. The number of hydrogen-bond donors (Lipinski definition) is 1. The molecule has 2 aromatic carbocycles. The van der Waals surface area contributed by atoms with Crippen LogP contribution in [0.5, 0.6) is 0 Å². The molecule has 0 aliphatic carbocycles. The number of nitrogens with zero attached hydrogens (tertiary/aromatic N) is 3. The Morgan fingerprint density at radius 2 is 1.84 bits per heavy atom. The molecule has 0 amide bonds. The fraction of sp³-hybridized carbons (Fsp3) is 0.300. The lowest BCUT2D eigenvalue weighted by atomic mass is 10.2. The molecule has 1 unspecified atom stereocenters. The number of aliphatic hydroxyl groups is 1. The van der Waals surface area contributed by atoms with Crippen molar-refractivity contribution in [2.45, 2.75) is 32.3 Å². The Kier molecular flexibility index (Phi) is 5.93. The Morgan fingerprint density at radius 1 is 1.08 bits per heavy atom. The second-order valence-corrected chi connectivity index (χ2v) is 6.00. The van der Waals surface area contributed by atoms with Crippen molar-refractivity contribution in [2.75, 3.05) is 6.54 Å². The summed E-state index contributed by atoms with van der Waals surface area (Å²) in [6.45, 7) is 5.43. The smallest absolute Gasteiger partial charge is 0.136 e. The number of para-hydroxylation sites is 2. The zero-order chi connectivity index (χ0) is 17.5. The van der Waals surface area contributed by atoms with E-state index < -0.39 is 6.10 Å². The number of imidazole rings is 1. The van der Waals surface area contributed by atoms with E-state index in [4.69, 9.17) is 4.74 Å². The predicted octanol–water partition coefficient (Wildman–Crippen LogP) is 3.20. The molecular formula is C20H23N3O2. The van der Waals surface area contributed by atoms with Crippen molar-refractivity contribution >= 4 is 17.8 Å². The zero-order valence-electron chi connectivity index (χ0n) is 14.2. The van der Waals surface area contributed by atoms with Gasteiger partial charge in [0.1, 0.15) is 12.4 Å². The average molecular weight is 337 g/mol. The van der Waals surface area contributed by atoms with E-state index in [0.717, 1.165) is 22.4 Å². The summed E-state index contributed by atoms with van der Waals surface area (Å²) in [6.07, 6.45) is 0.113. The van der Waals surface area contributed by atoms with Gasteiger partial charge >= 0.3 is 0 Å². The van der Waals surface area contributed by atoms with Gasteiger partial charge < -0.3 is 14.4 Å². The van der Waals surface area contributed by atoms with Gasteiger partial charge in [-0.1, -0.05) is 42.5 Å². The average Bonchev–Trinajstić information content (AvgIpc) is 2.98. The topological polar surface area (TPSA) is 59.6 Å². The highest BCUT2D eigenvalue weighted by molar-refractivity contribution is 5.75. The highest BCUT2D eigenvalue weighted by Gasteiger charge is 2.12. The van der Waals surface area contributed by atoms with Gasteiger partial charge in [-0.3, -0.25) is 4.99 Å². The van der Waals surface area contributed by atoms with Crippen molar-refractivity contribution in [3.63, 3.8) is 0 Å². The van der Waals surface area contributed by atoms with E-state index in [2.05, 4.69) is 21.3 Å². The standard InChI is InChI=1S/C20H23N3O2/c1-21-13-17(24)11-12-23-19-10-6-5-9-18(19)22-20(23)15-25-14-16-7-3-2-4-8-16/h2-10,17,24H,1,11-15H2. The van der Waals surface area contributed by atoms with Gasteiger partial charge in [-0.25, -0.2) is 4.98 Å². The first-order valence-corrected chi connectivity index (χ1v) is 8.44. The first-order chi connectivity index (χ1) is 12.3. The van der Waals surface area contributed by atoms with Crippen molar-refractivity contribution in [1.82, 2.24) is 9.55 Å². The molecule has 3 rings (SSSR count). The summed E-state index contributed by atoms with van der Waals surface area (Å²) in [5, 5.41) is 9.94. The molecule has 5 nitrogen and oxygen atoms in total. The van der Waals surface area contributed by atoms with Crippen LogP contribution in [0.25, 0.3) is 11.0 Å². The summed E-state index contributed by atoms with van der Waals surface area (Å²) in [7, 11) is 0. The Hall–Kier alpha value is -2.50. The number of aliphatic imine (C=N–C) groups is 1. The maximum atomic E-state index is 9.94. The molecule has 1 N–H and O–H groups in total. The lowest BCUT2D eigenvalue weighted by Crippen LogP contribution is -2.15. The molecule has 0 saturated heterocycles. The molecule has 25 heavy (non-hydrogen) atoms. The van der Waals surface area contributed by atoms with E-state index >= 15 is 0 Å². The Balaban J connectivity index is 1.72. The second kappa shape index (κ2) is 8.55. The minimum absolute atomic E-state index is 0.354. The third kappa shape index (κ3) is 4.53. The largest absolute Gasteiger partial charge is 0.391 e. The first-order valence-electron chi connectivity index (χ1n) is 8.44. The summed E-state index contributed by atoms with van der Waals surface area (Å²) in [5.74, 6) is 0.871. The van der Waals surface area contributed by atoms with E-state index in [9.17, 15) is 5.11 Å². The molecular weight excluding hydrogens is 314 g/mol. The van der Waals surface area contributed by atoms with Crippen LogP contribution < -0.4 is 0 Å². The van der Waals surface area contributed by atoms with E-state index in [1.807, 2.05) is 54.6 Å². The molecule has 0 aliphatic rings. The van der Waals surface area contributed by atoms with Crippen molar-refractivity contribution < 1.29 is 9.84 Å². The van der Waals surface area contributed by atoms with Gasteiger partial charge in [-0.2, -0.15) is 0 Å². The molecule has 0 spiro atoms. The number of hydrogen-bond acceptors (Lipinski definition) is 4. The van der Waals surface area contributed by atoms with Crippen LogP contribution in [0.1, 0.15) is 17.8 Å². The molecule has 5 heteroatoms. The van der Waals surface area contributed by atoms with Crippen LogP contribution in [-0.4, -0.2) is 34.0 Å². The van der Waals surface area contributed by atoms with Crippen molar-refractivity contribution in [2.24, 2.45) is 4.99 Å². The minimum Gasteiger partial charge on any atom is -0.391 e. The van der Waals surface area contributed by atoms with E-state index in [-0.39, 0.29) is 0 Å². The van der Waals surface area contributed by atoms with E-state index in [0.29, 0.717) is 32.7 Å². The van der Waals surface area contributed by atoms with Gasteiger partial charge in [0.05, 0.1) is 30.3 Å². The highest BCUT2D eigenvalue weighted by Crippen LogP contribution is 2.18. The molecule has 0 saturated carbocycles. The summed E-state index contributed by atoms with van der Waals surface area (Å²) in [4.78, 5) is 8.44. The first kappa shape index (κ1) is 17.3. The third-order valence-corrected chi connectivity index (χ3v) is 4.10. The number of aliphatic hydroxyl groups excluding tert-OH is 1. The van der Waals surface area contributed by atoms with Gasteiger partial charge in [0, 0.05) is 6.54 Å². The van der Waals surface area contributed by atoms with Crippen molar-refractivity contribution in [1.29, 1.82) is 0 Å². The van der Waals surface area contributed by atoms with E-state index in [1.54, 1.807) is 0 Å². The Labute approximate surface area is 147 Å². The fourth-order valence-electron chi connectivity index (χ4n) is 2.84. The van der Waals surface area contributed by atoms with Crippen LogP contribution >= 0.6 is 0 Å². The molecule has 1 atom stereocenters. The number of aromatic nitrogens is 2. The molecule has 0 radical (unpaired) electrons. The maximum Gasteiger partial charge on any atom is 0.136 e. The fourth-order valence-corrected chi connectivity index (χ4v) is 2.84. The van der Waals surface area contributed by atoms with Crippen molar-refractivity contribution in [3.05, 3.63) is 66.0 Å². The highest BCUT2D eigenvalue weighted by atomic mass is 16.5. The predicted molar refractivity (Wildman–Crippen MR) is 99.7 cm³/mol. The van der Waals surface area contributed by atoms with Crippen LogP contribution in [0.3, 0.4) is 0 Å². The Bertz CT molecular complexity index is 814. The molecule has 130 valence electrons. The molecule has 0 aliphatic heterocycles. The summed E-state index contributed by atoms with van der Waals surface area (Å²) < 4.78 is 7.97.